The molecule has 0 aliphatic heterocycles. The van der Waals surface area contributed by atoms with Crippen molar-refractivity contribution in [2.24, 2.45) is 0 Å². The molecule has 0 fully saturated rings. The van der Waals surface area contributed by atoms with Gasteiger partial charge in [0, 0.05) is 23.5 Å². The third-order valence-corrected chi connectivity index (χ3v) is 4.48. The van der Waals surface area contributed by atoms with Crippen LogP contribution < -0.4 is 10.9 Å². The molecule has 0 spiro atoms. The molecule has 1 N–H and O–H groups in total. The van der Waals surface area contributed by atoms with Gasteiger partial charge in [-0.3, -0.25) is 9.59 Å². The lowest BCUT2D eigenvalue weighted by Crippen LogP contribution is -2.18. The highest BCUT2D eigenvalue weighted by molar-refractivity contribution is 6.06. The van der Waals surface area contributed by atoms with Crippen molar-refractivity contribution in [3.05, 3.63) is 113 Å². The van der Waals surface area contributed by atoms with Crippen molar-refractivity contribution >= 4 is 22.4 Å². The van der Waals surface area contributed by atoms with Crippen LogP contribution in [0.1, 0.15) is 15.9 Å². The van der Waals surface area contributed by atoms with Crippen LogP contribution in [0, 0.1) is 0 Å². The third kappa shape index (κ3) is 3.80. The fraction of sp³-hybridized carbons (Fsp3) is 0.0435. The smallest absolute Gasteiger partial charge is 0.255 e. The van der Waals surface area contributed by atoms with Crippen LogP contribution in [0.15, 0.2) is 95.9 Å². The molecule has 4 heteroatoms. The Hall–Kier alpha value is -3.66. The van der Waals surface area contributed by atoms with Crippen LogP contribution in [0.4, 0.5) is 5.69 Å². The Labute approximate surface area is 156 Å². The zero-order valence-electron chi connectivity index (χ0n) is 14.6. The number of amides is 1. The number of fused-ring (bicyclic) bond motifs is 1. The van der Waals surface area contributed by atoms with Crippen LogP contribution in [0.25, 0.3) is 10.8 Å². The maximum Gasteiger partial charge on any atom is 0.255 e. The Morgan fingerprint density at radius 1 is 0.815 bits per heavy atom. The second-order valence-electron chi connectivity index (χ2n) is 6.38. The van der Waals surface area contributed by atoms with Gasteiger partial charge in [0.15, 0.2) is 0 Å². The van der Waals surface area contributed by atoms with Crippen LogP contribution in [0.2, 0.25) is 0 Å². The highest BCUT2D eigenvalue weighted by Gasteiger charge is 2.07. The number of hydrogen-bond acceptors (Lipinski definition) is 2. The molecule has 1 aromatic heterocycles. The maximum absolute atomic E-state index is 12.5. The molecule has 3 aromatic carbocycles. The molecule has 0 aliphatic carbocycles. The predicted molar refractivity (Wildman–Crippen MR) is 108 cm³/mol. The minimum atomic E-state index is -0.146. The Morgan fingerprint density at radius 3 is 2.33 bits per heavy atom. The molecule has 1 amide bonds. The van der Waals surface area contributed by atoms with E-state index in [4.69, 9.17) is 0 Å². The van der Waals surface area contributed by atoms with Crippen molar-refractivity contribution < 1.29 is 4.79 Å². The highest BCUT2D eigenvalue weighted by atomic mass is 16.1. The number of nitrogens with zero attached hydrogens (tertiary/aromatic N) is 1. The number of carbonyl (C=O) groups is 1. The molecule has 132 valence electrons. The minimum Gasteiger partial charge on any atom is -0.322 e. The summed E-state index contributed by atoms with van der Waals surface area (Å²) < 4.78 is 1.64. The SMILES string of the molecule is O=C(Nc1ccc(Cn2ccccc2=O)cc1)c1ccc2ccccc2c1. The third-order valence-electron chi connectivity index (χ3n) is 4.48. The summed E-state index contributed by atoms with van der Waals surface area (Å²) in [4.78, 5) is 24.3. The molecular formula is C23H18N2O2. The number of carbonyl (C=O) groups excluding carboxylic acids is 1. The van der Waals surface area contributed by atoms with E-state index >= 15 is 0 Å². The predicted octanol–water partition coefficient (Wildman–Crippen LogP) is 4.30. The van der Waals surface area contributed by atoms with Crippen molar-refractivity contribution in [3.8, 4) is 0 Å². The van der Waals surface area contributed by atoms with E-state index in [1.54, 1.807) is 16.8 Å². The number of rotatable bonds is 4. The van der Waals surface area contributed by atoms with Gasteiger partial charge < -0.3 is 9.88 Å². The first-order chi connectivity index (χ1) is 13.2. The van der Waals surface area contributed by atoms with Crippen molar-refractivity contribution in [1.82, 2.24) is 4.57 Å². The molecule has 0 saturated carbocycles. The largest absolute Gasteiger partial charge is 0.322 e. The number of anilines is 1. The van der Waals surface area contributed by atoms with Gasteiger partial charge >= 0.3 is 0 Å². The van der Waals surface area contributed by atoms with Crippen molar-refractivity contribution in [1.29, 1.82) is 0 Å². The van der Waals surface area contributed by atoms with E-state index in [1.165, 1.54) is 6.07 Å². The Balaban J connectivity index is 1.48. The van der Waals surface area contributed by atoms with Crippen molar-refractivity contribution in [2.75, 3.05) is 5.32 Å². The zero-order chi connectivity index (χ0) is 18.6. The average molecular weight is 354 g/mol. The van der Waals surface area contributed by atoms with E-state index < -0.39 is 0 Å². The van der Waals surface area contributed by atoms with Crippen molar-refractivity contribution in [3.63, 3.8) is 0 Å². The van der Waals surface area contributed by atoms with Crippen LogP contribution in [-0.2, 0) is 6.54 Å². The highest BCUT2D eigenvalue weighted by Crippen LogP contribution is 2.17. The van der Waals surface area contributed by atoms with Gasteiger partial charge in [-0.1, -0.05) is 48.5 Å². The van der Waals surface area contributed by atoms with E-state index in [9.17, 15) is 9.59 Å². The number of benzene rings is 3. The number of nitrogens with one attached hydrogen (secondary N) is 1. The van der Waals surface area contributed by atoms with E-state index in [0.29, 0.717) is 12.1 Å². The van der Waals surface area contributed by atoms with Gasteiger partial charge in [0.1, 0.15) is 0 Å². The Bertz CT molecular complexity index is 1160. The van der Waals surface area contributed by atoms with E-state index in [1.807, 2.05) is 72.8 Å². The first-order valence-corrected chi connectivity index (χ1v) is 8.74. The minimum absolute atomic E-state index is 0.0359. The lowest BCUT2D eigenvalue weighted by Gasteiger charge is -2.09. The lowest BCUT2D eigenvalue weighted by molar-refractivity contribution is 0.102. The topological polar surface area (TPSA) is 51.1 Å². The Kier molecular flexibility index (Phi) is 4.54. The summed E-state index contributed by atoms with van der Waals surface area (Å²) in [5.41, 5.74) is 2.30. The summed E-state index contributed by atoms with van der Waals surface area (Å²) in [6.45, 7) is 0.499. The number of hydrogen-bond donors (Lipinski definition) is 1. The molecule has 0 aliphatic rings. The van der Waals surface area contributed by atoms with Gasteiger partial charge in [0.05, 0.1) is 6.54 Å². The summed E-state index contributed by atoms with van der Waals surface area (Å²) in [5.74, 6) is -0.146. The molecule has 0 bridgehead atoms. The molecule has 4 rings (SSSR count). The van der Waals surface area contributed by atoms with Gasteiger partial charge in [-0.25, -0.2) is 0 Å². The molecule has 1 heterocycles. The van der Waals surface area contributed by atoms with E-state index in [2.05, 4.69) is 5.32 Å². The molecule has 0 unspecified atom stereocenters. The van der Waals surface area contributed by atoms with Gasteiger partial charge in [0.25, 0.3) is 11.5 Å². The lowest BCUT2D eigenvalue weighted by atomic mass is 10.1. The molecule has 0 saturated heterocycles. The molecule has 4 nitrogen and oxygen atoms in total. The van der Waals surface area contributed by atoms with Crippen LogP contribution in [-0.4, -0.2) is 10.5 Å². The summed E-state index contributed by atoms with van der Waals surface area (Å²) in [6.07, 6.45) is 1.76. The second-order valence-corrected chi connectivity index (χ2v) is 6.38. The molecule has 27 heavy (non-hydrogen) atoms. The summed E-state index contributed by atoms with van der Waals surface area (Å²) in [6, 6.07) is 26.2. The molecule has 0 atom stereocenters. The van der Waals surface area contributed by atoms with Gasteiger partial charge in [-0.05, 0) is 46.7 Å². The maximum atomic E-state index is 12.5. The number of aromatic nitrogens is 1. The monoisotopic (exact) mass is 354 g/mol. The standard InChI is InChI=1S/C23H18N2O2/c26-22-7-3-4-14-25(22)16-17-8-12-21(13-9-17)24-23(27)20-11-10-18-5-1-2-6-19(18)15-20/h1-15H,16H2,(H,24,27). The van der Waals surface area contributed by atoms with Crippen LogP contribution in [0.5, 0.6) is 0 Å². The van der Waals surface area contributed by atoms with E-state index in [0.717, 1.165) is 22.0 Å². The summed E-state index contributed by atoms with van der Waals surface area (Å²) >= 11 is 0. The second kappa shape index (κ2) is 7.30. The quantitative estimate of drug-likeness (QED) is 0.594. The van der Waals surface area contributed by atoms with Crippen LogP contribution >= 0.6 is 0 Å². The molecule has 4 aromatic rings. The fourth-order valence-electron chi connectivity index (χ4n) is 3.02. The van der Waals surface area contributed by atoms with Gasteiger partial charge in [-0.15, -0.1) is 0 Å². The Morgan fingerprint density at radius 2 is 1.56 bits per heavy atom. The van der Waals surface area contributed by atoms with Crippen molar-refractivity contribution in [2.45, 2.75) is 6.54 Å². The summed E-state index contributed by atoms with van der Waals surface area (Å²) in [7, 11) is 0. The first-order valence-electron chi connectivity index (χ1n) is 8.74. The normalized spacial score (nSPS) is 10.7. The van der Waals surface area contributed by atoms with Gasteiger partial charge in [-0.2, -0.15) is 0 Å². The van der Waals surface area contributed by atoms with Gasteiger partial charge in [0.2, 0.25) is 0 Å². The van der Waals surface area contributed by atoms with E-state index in [-0.39, 0.29) is 11.5 Å². The zero-order valence-corrected chi connectivity index (χ0v) is 14.6. The molecular weight excluding hydrogens is 336 g/mol. The first kappa shape index (κ1) is 16.8. The van der Waals surface area contributed by atoms with Crippen LogP contribution in [0.3, 0.4) is 0 Å². The molecule has 0 radical (unpaired) electrons. The summed E-state index contributed by atoms with van der Waals surface area (Å²) in [5, 5.41) is 5.06. The fourth-order valence-corrected chi connectivity index (χ4v) is 3.02. The number of pyridine rings is 1. The average Bonchev–Trinajstić information content (AvgIpc) is 2.71.